The summed E-state index contributed by atoms with van der Waals surface area (Å²) >= 11 is 7.17. The number of carbonyl (C=O) groups excluding carboxylic acids is 1. The van der Waals surface area contributed by atoms with Crippen molar-refractivity contribution in [3.8, 4) is 0 Å². The number of anilines is 1. The van der Waals surface area contributed by atoms with E-state index in [0.717, 1.165) is 17.0 Å². The number of hydrogen-bond donors (Lipinski definition) is 2. The van der Waals surface area contributed by atoms with E-state index in [-0.39, 0.29) is 37.0 Å². The van der Waals surface area contributed by atoms with E-state index in [9.17, 15) is 18.0 Å². The second-order valence-electron chi connectivity index (χ2n) is 4.87. The maximum atomic E-state index is 12.8. The van der Waals surface area contributed by atoms with Crippen LogP contribution in [-0.2, 0) is 23.9 Å². The molecule has 2 rings (SSSR count). The molecule has 2 aromatic rings. The molecule has 0 unspecified atom stereocenters. The van der Waals surface area contributed by atoms with E-state index >= 15 is 0 Å². The number of thiophene rings is 1. The Bertz CT molecular complexity index is 704. The van der Waals surface area contributed by atoms with Crippen LogP contribution in [0, 0.1) is 0 Å². The summed E-state index contributed by atoms with van der Waals surface area (Å²) in [5.41, 5.74) is 4.97. The van der Waals surface area contributed by atoms with Gasteiger partial charge in [-0.1, -0.05) is 11.6 Å². The summed E-state index contributed by atoms with van der Waals surface area (Å²) in [6.45, 7) is -0.0412. The largest absolute Gasteiger partial charge is 0.416 e. The topological polar surface area (TPSA) is 55.1 Å². The van der Waals surface area contributed by atoms with Crippen LogP contribution in [0.1, 0.15) is 22.4 Å². The molecule has 0 aliphatic carbocycles. The molecule has 9 heteroatoms. The molecule has 1 heterocycles. The molecule has 0 aliphatic heterocycles. The van der Waals surface area contributed by atoms with Gasteiger partial charge >= 0.3 is 6.18 Å². The van der Waals surface area contributed by atoms with Gasteiger partial charge in [-0.05, 0) is 42.3 Å². The third-order valence-corrected chi connectivity index (χ3v) is 4.36. The highest BCUT2D eigenvalue weighted by atomic mass is 35.5. The van der Waals surface area contributed by atoms with Crippen molar-refractivity contribution in [2.24, 2.45) is 5.73 Å². The van der Waals surface area contributed by atoms with Gasteiger partial charge in [0.1, 0.15) is 0 Å². The van der Waals surface area contributed by atoms with Crippen molar-refractivity contribution in [2.45, 2.75) is 25.6 Å². The Morgan fingerprint density at radius 3 is 2.50 bits per heavy atom. The molecule has 0 atom stereocenters. The van der Waals surface area contributed by atoms with Gasteiger partial charge < -0.3 is 11.1 Å². The van der Waals surface area contributed by atoms with E-state index in [1.807, 2.05) is 6.07 Å². The summed E-state index contributed by atoms with van der Waals surface area (Å²) in [5, 5.41) is 2.48. The van der Waals surface area contributed by atoms with E-state index in [4.69, 9.17) is 17.3 Å². The van der Waals surface area contributed by atoms with Gasteiger partial charge in [0, 0.05) is 23.5 Å². The smallest absolute Gasteiger partial charge is 0.326 e. The van der Waals surface area contributed by atoms with Gasteiger partial charge in [0.25, 0.3) is 0 Å². The van der Waals surface area contributed by atoms with Gasteiger partial charge in [-0.2, -0.15) is 13.2 Å². The molecule has 3 nitrogen and oxygen atoms in total. The average molecular weight is 399 g/mol. The van der Waals surface area contributed by atoms with Crippen molar-refractivity contribution < 1.29 is 18.0 Å². The van der Waals surface area contributed by atoms with Crippen LogP contribution in [0.3, 0.4) is 0 Å². The van der Waals surface area contributed by atoms with Crippen molar-refractivity contribution in [1.82, 2.24) is 0 Å². The second-order valence-corrected chi connectivity index (χ2v) is 6.67. The predicted octanol–water partition coefficient (Wildman–Crippen LogP) is 4.87. The van der Waals surface area contributed by atoms with Gasteiger partial charge in [-0.3, -0.25) is 4.79 Å². The van der Waals surface area contributed by atoms with Gasteiger partial charge in [-0.15, -0.1) is 23.7 Å². The highest BCUT2D eigenvalue weighted by Gasteiger charge is 2.31. The highest BCUT2D eigenvalue weighted by Crippen LogP contribution is 2.32. The summed E-state index contributed by atoms with van der Waals surface area (Å²) in [5.74, 6) is -0.364. The summed E-state index contributed by atoms with van der Waals surface area (Å²) < 4.78 is 39.1. The normalized spacial score (nSPS) is 11.0. The molecule has 132 valence electrons. The van der Waals surface area contributed by atoms with E-state index in [1.165, 1.54) is 17.4 Å². The standard InChI is InChI=1S/C15H14ClF3N2OS.ClH/c16-13-3-1-12(23-13)2-4-14(22)21-11-6-9(8-20)5-10(7-11)15(17,18)19;/h1,3,5-7H,2,4,8,20H2,(H,21,22);1H. The lowest BCUT2D eigenvalue weighted by Gasteiger charge is -2.12. The van der Waals surface area contributed by atoms with Crippen molar-refractivity contribution in [1.29, 1.82) is 0 Å². The highest BCUT2D eigenvalue weighted by molar-refractivity contribution is 7.16. The first-order valence-corrected chi connectivity index (χ1v) is 7.92. The monoisotopic (exact) mass is 398 g/mol. The fraction of sp³-hybridized carbons (Fsp3) is 0.267. The van der Waals surface area contributed by atoms with E-state index in [0.29, 0.717) is 16.3 Å². The first kappa shape index (κ1) is 20.8. The first-order valence-electron chi connectivity index (χ1n) is 6.73. The van der Waals surface area contributed by atoms with Crippen LogP contribution in [0.15, 0.2) is 30.3 Å². The number of halogens is 5. The third-order valence-electron chi connectivity index (χ3n) is 3.07. The van der Waals surface area contributed by atoms with Gasteiger partial charge in [-0.25, -0.2) is 0 Å². The minimum atomic E-state index is -4.49. The lowest BCUT2D eigenvalue weighted by molar-refractivity contribution is -0.137. The minimum Gasteiger partial charge on any atom is -0.326 e. The molecule has 1 amide bonds. The molecular formula is C15H15Cl2F3N2OS. The van der Waals surface area contributed by atoms with Crippen LogP contribution in [0.4, 0.5) is 18.9 Å². The first-order chi connectivity index (χ1) is 10.8. The number of benzene rings is 1. The van der Waals surface area contributed by atoms with Crippen molar-refractivity contribution in [3.05, 3.63) is 50.7 Å². The average Bonchev–Trinajstić information content (AvgIpc) is 2.89. The van der Waals surface area contributed by atoms with E-state index < -0.39 is 11.7 Å². The molecule has 0 fully saturated rings. The number of alkyl halides is 3. The fourth-order valence-electron chi connectivity index (χ4n) is 1.99. The number of hydrogen-bond acceptors (Lipinski definition) is 3. The quantitative estimate of drug-likeness (QED) is 0.754. The summed E-state index contributed by atoms with van der Waals surface area (Å²) in [6.07, 6.45) is -3.85. The van der Waals surface area contributed by atoms with Crippen LogP contribution in [0.25, 0.3) is 0 Å². The lowest BCUT2D eigenvalue weighted by Crippen LogP contribution is -2.14. The zero-order valence-corrected chi connectivity index (χ0v) is 14.7. The van der Waals surface area contributed by atoms with Crippen molar-refractivity contribution in [3.63, 3.8) is 0 Å². The Balaban J connectivity index is 0.00000288. The number of nitrogens with two attached hydrogens (primary N) is 1. The minimum absolute atomic E-state index is 0. The van der Waals surface area contributed by atoms with Crippen LogP contribution in [-0.4, -0.2) is 5.91 Å². The number of amides is 1. The number of aryl methyl sites for hydroxylation is 1. The molecule has 24 heavy (non-hydrogen) atoms. The SMILES string of the molecule is Cl.NCc1cc(NC(=O)CCc2ccc(Cl)s2)cc(C(F)(F)F)c1. The van der Waals surface area contributed by atoms with Crippen LogP contribution in [0.5, 0.6) is 0 Å². The number of nitrogens with one attached hydrogen (secondary N) is 1. The molecule has 0 spiro atoms. The van der Waals surface area contributed by atoms with Gasteiger partial charge in [0.15, 0.2) is 0 Å². The summed E-state index contributed by atoms with van der Waals surface area (Å²) in [6, 6.07) is 6.87. The Hall–Kier alpha value is -1.28. The third kappa shape index (κ3) is 5.98. The van der Waals surface area contributed by atoms with Crippen LogP contribution in [0.2, 0.25) is 4.34 Å². The maximum absolute atomic E-state index is 12.8. The molecule has 3 N–H and O–H groups in total. The lowest BCUT2D eigenvalue weighted by atomic mass is 10.1. The summed E-state index contributed by atoms with van der Waals surface area (Å²) in [7, 11) is 0. The van der Waals surface area contributed by atoms with Crippen LogP contribution >= 0.6 is 35.3 Å². The molecule has 0 aliphatic rings. The molecule has 1 aromatic carbocycles. The molecule has 0 saturated heterocycles. The van der Waals surface area contributed by atoms with E-state index in [2.05, 4.69) is 5.32 Å². The van der Waals surface area contributed by atoms with Gasteiger partial charge in [0.05, 0.1) is 9.90 Å². The van der Waals surface area contributed by atoms with E-state index in [1.54, 1.807) is 6.07 Å². The molecule has 0 saturated carbocycles. The Labute approximate surface area is 152 Å². The number of carbonyl (C=O) groups is 1. The summed E-state index contributed by atoms with van der Waals surface area (Å²) in [4.78, 5) is 12.8. The molecule has 0 radical (unpaired) electrons. The fourth-order valence-corrected chi connectivity index (χ4v) is 3.08. The van der Waals surface area contributed by atoms with Crippen molar-refractivity contribution >= 4 is 46.9 Å². The molecule has 1 aromatic heterocycles. The predicted molar refractivity (Wildman–Crippen MR) is 92.9 cm³/mol. The molecule has 0 bridgehead atoms. The van der Waals surface area contributed by atoms with Crippen LogP contribution < -0.4 is 11.1 Å². The Morgan fingerprint density at radius 2 is 1.96 bits per heavy atom. The zero-order chi connectivity index (χ0) is 17.0. The zero-order valence-electron chi connectivity index (χ0n) is 12.3. The van der Waals surface area contributed by atoms with Gasteiger partial charge in [0.2, 0.25) is 5.91 Å². The number of rotatable bonds is 5. The van der Waals surface area contributed by atoms with Crippen molar-refractivity contribution in [2.75, 3.05) is 5.32 Å². The maximum Gasteiger partial charge on any atom is 0.416 e. The Morgan fingerprint density at radius 1 is 1.25 bits per heavy atom. The molecular weight excluding hydrogens is 384 g/mol. The second kappa shape index (κ2) is 8.71. The Kier molecular flexibility index (Phi) is 7.54.